The van der Waals surface area contributed by atoms with Crippen molar-refractivity contribution in [3.8, 4) is 11.5 Å². The molecule has 0 saturated heterocycles. The molecule has 2 amide bonds. The Labute approximate surface area is 229 Å². The molecule has 10 nitrogen and oxygen atoms in total. The predicted molar refractivity (Wildman–Crippen MR) is 148 cm³/mol. The zero-order chi connectivity index (χ0) is 27.6. The van der Waals surface area contributed by atoms with Crippen molar-refractivity contribution in [2.45, 2.75) is 64.6 Å². The number of nitrogens with zero attached hydrogens (tertiary/aromatic N) is 4. The lowest BCUT2D eigenvalue weighted by Crippen LogP contribution is -2.47. The summed E-state index contributed by atoms with van der Waals surface area (Å²) in [6.45, 7) is 5.67. The van der Waals surface area contributed by atoms with Crippen LogP contribution in [0.3, 0.4) is 0 Å². The van der Waals surface area contributed by atoms with E-state index < -0.39 is 6.04 Å². The number of para-hydroxylation sites is 1. The lowest BCUT2D eigenvalue weighted by atomic mass is 10.0. The van der Waals surface area contributed by atoms with Crippen LogP contribution in [0.5, 0.6) is 11.5 Å². The molecule has 1 saturated carbocycles. The van der Waals surface area contributed by atoms with E-state index in [9.17, 15) is 9.59 Å². The van der Waals surface area contributed by atoms with Gasteiger partial charge in [0.25, 0.3) is 0 Å². The number of carbonyl (C=O) groups is 2. The summed E-state index contributed by atoms with van der Waals surface area (Å²) >= 11 is 0. The first-order valence-electron chi connectivity index (χ1n) is 13.8. The Hall–Kier alpha value is -3.66. The van der Waals surface area contributed by atoms with Gasteiger partial charge in [0.15, 0.2) is 11.5 Å². The second kappa shape index (κ2) is 13.9. The number of benzene rings is 2. The molecule has 0 spiro atoms. The van der Waals surface area contributed by atoms with Crippen LogP contribution in [0.15, 0.2) is 42.5 Å². The highest BCUT2D eigenvalue weighted by atomic mass is 16.5. The Morgan fingerprint density at radius 2 is 1.90 bits per heavy atom. The molecule has 1 heterocycles. The predicted octanol–water partition coefficient (Wildman–Crippen LogP) is 3.89. The van der Waals surface area contributed by atoms with Gasteiger partial charge in [0, 0.05) is 25.8 Å². The summed E-state index contributed by atoms with van der Waals surface area (Å²) in [5.41, 5.74) is 2.12. The summed E-state index contributed by atoms with van der Waals surface area (Å²) in [6, 6.07) is 12.2. The van der Waals surface area contributed by atoms with Gasteiger partial charge in [0.2, 0.25) is 11.8 Å². The van der Waals surface area contributed by atoms with Gasteiger partial charge >= 0.3 is 0 Å². The molecule has 3 aromatic rings. The number of fused-ring (bicyclic) bond motifs is 1. The Morgan fingerprint density at radius 3 is 2.64 bits per heavy atom. The number of rotatable bonds is 14. The molecular weight excluding hydrogens is 498 g/mol. The quantitative estimate of drug-likeness (QED) is 0.311. The summed E-state index contributed by atoms with van der Waals surface area (Å²) in [5, 5.41) is 11.6. The van der Waals surface area contributed by atoms with E-state index >= 15 is 0 Å². The third kappa shape index (κ3) is 7.06. The van der Waals surface area contributed by atoms with E-state index in [1.54, 1.807) is 28.8 Å². The van der Waals surface area contributed by atoms with E-state index in [-0.39, 0.29) is 24.4 Å². The molecule has 4 rings (SSSR count). The van der Waals surface area contributed by atoms with Crippen LogP contribution >= 0.6 is 0 Å². The SMILES string of the molecule is CCOCCCN(C(=O)Cn1nnc2ccccc21)C(C(=O)NC1CCCC1)c1ccc(OCC)c(OC)c1. The maximum Gasteiger partial charge on any atom is 0.247 e. The van der Waals surface area contributed by atoms with Crippen molar-refractivity contribution in [2.75, 3.05) is 33.5 Å². The Balaban J connectivity index is 1.69. The first-order chi connectivity index (χ1) is 19.0. The van der Waals surface area contributed by atoms with Crippen LogP contribution in [-0.2, 0) is 20.9 Å². The van der Waals surface area contributed by atoms with E-state index in [4.69, 9.17) is 14.2 Å². The van der Waals surface area contributed by atoms with Crippen LogP contribution < -0.4 is 14.8 Å². The Bertz CT molecular complexity index is 1240. The molecule has 1 aromatic heterocycles. The van der Waals surface area contributed by atoms with Crippen LogP contribution in [0.4, 0.5) is 0 Å². The molecule has 10 heteroatoms. The van der Waals surface area contributed by atoms with Crippen LogP contribution in [0.1, 0.15) is 57.6 Å². The average molecular weight is 538 g/mol. The smallest absolute Gasteiger partial charge is 0.247 e. The summed E-state index contributed by atoms with van der Waals surface area (Å²) in [5.74, 6) is 0.655. The zero-order valence-electron chi connectivity index (χ0n) is 23.1. The highest BCUT2D eigenvalue weighted by Gasteiger charge is 2.34. The number of carbonyl (C=O) groups excluding carboxylic acids is 2. The Morgan fingerprint density at radius 1 is 1.10 bits per heavy atom. The molecule has 1 aliphatic carbocycles. The average Bonchev–Trinajstić information content (AvgIpc) is 3.61. The third-order valence-electron chi connectivity index (χ3n) is 6.98. The minimum Gasteiger partial charge on any atom is -0.493 e. The molecule has 1 aliphatic rings. The maximum absolute atomic E-state index is 14.0. The van der Waals surface area contributed by atoms with Gasteiger partial charge in [-0.1, -0.05) is 36.3 Å². The number of aromatic nitrogens is 3. The third-order valence-corrected chi connectivity index (χ3v) is 6.98. The van der Waals surface area contributed by atoms with Crippen molar-refractivity contribution in [3.05, 3.63) is 48.0 Å². The molecule has 210 valence electrons. The lowest BCUT2D eigenvalue weighted by Gasteiger charge is -2.32. The second-order valence-electron chi connectivity index (χ2n) is 9.61. The molecular formula is C29H39N5O5. The molecule has 0 bridgehead atoms. The fourth-order valence-electron chi connectivity index (χ4n) is 5.08. The van der Waals surface area contributed by atoms with Gasteiger partial charge in [-0.25, -0.2) is 4.68 Å². The van der Waals surface area contributed by atoms with E-state index in [1.165, 1.54) is 0 Å². The van der Waals surface area contributed by atoms with E-state index in [2.05, 4.69) is 15.6 Å². The highest BCUT2D eigenvalue weighted by Crippen LogP contribution is 2.33. The van der Waals surface area contributed by atoms with Crippen LogP contribution in [0.25, 0.3) is 11.0 Å². The minimum absolute atomic E-state index is 0.0451. The molecule has 39 heavy (non-hydrogen) atoms. The van der Waals surface area contributed by atoms with Gasteiger partial charge in [0.05, 0.1) is 19.2 Å². The van der Waals surface area contributed by atoms with Crippen LogP contribution in [-0.4, -0.2) is 71.2 Å². The first-order valence-corrected chi connectivity index (χ1v) is 13.8. The zero-order valence-corrected chi connectivity index (χ0v) is 23.1. The monoisotopic (exact) mass is 537 g/mol. The Kier molecular flexibility index (Phi) is 10.1. The highest BCUT2D eigenvalue weighted by molar-refractivity contribution is 5.89. The largest absolute Gasteiger partial charge is 0.493 e. The molecule has 1 fully saturated rings. The van der Waals surface area contributed by atoms with Gasteiger partial charge in [-0.2, -0.15) is 0 Å². The van der Waals surface area contributed by atoms with Crippen molar-refractivity contribution >= 4 is 22.8 Å². The number of methoxy groups -OCH3 is 1. The van der Waals surface area contributed by atoms with Gasteiger partial charge in [-0.15, -0.1) is 5.10 Å². The van der Waals surface area contributed by atoms with Crippen molar-refractivity contribution in [1.29, 1.82) is 0 Å². The van der Waals surface area contributed by atoms with Crippen LogP contribution in [0.2, 0.25) is 0 Å². The molecule has 2 aromatic carbocycles. The fourth-order valence-corrected chi connectivity index (χ4v) is 5.08. The molecule has 0 aliphatic heterocycles. The topological polar surface area (TPSA) is 108 Å². The standard InChI is InChI=1S/C29H39N5O5/c1-4-38-18-10-17-33(27(35)20-34-24-14-9-8-13-23(24)31-32-34)28(29(36)30-22-11-6-7-12-22)21-15-16-25(39-5-2)26(19-21)37-3/h8-9,13-16,19,22,28H,4-7,10-12,17-18,20H2,1-3H3,(H,30,36). The molecule has 1 atom stereocenters. The van der Waals surface area contributed by atoms with Gasteiger partial charge in [-0.3, -0.25) is 9.59 Å². The number of hydrogen-bond donors (Lipinski definition) is 1. The summed E-state index contributed by atoms with van der Waals surface area (Å²) in [6.07, 6.45) is 4.63. The van der Waals surface area contributed by atoms with E-state index in [0.717, 1.165) is 31.2 Å². The number of amides is 2. The first kappa shape index (κ1) is 28.4. The van der Waals surface area contributed by atoms with Gasteiger partial charge < -0.3 is 24.4 Å². The van der Waals surface area contributed by atoms with E-state index in [0.29, 0.717) is 55.4 Å². The van der Waals surface area contributed by atoms with Crippen molar-refractivity contribution < 1.29 is 23.8 Å². The normalized spacial score (nSPS) is 14.3. The summed E-state index contributed by atoms with van der Waals surface area (Å²) in [4.78, 5) is 29.5. The minimum atomic E-state index is -0.862. The molecule has 0 radical (unpaired) electrons. The van der Waals surface area contributed by atoms with Crippen molar-refractivity contribution in [3.63, 3.8) is 0 Å². The number of hydrogen-bond acceptors (Lipinski definition) is 7. The van der Waals surface area contributed by atoms with Crippen LogP contribution in [0, 0.1) is 0 Å². The van der Waals surface area contributed by atoms with Crippen molar-refractivity contribution in [2.24, 2.45) is 0 Å². The fraction of sp³-hybridized carbons (Fsp3) is 0.517. The number of ether oxygens (including phenoxy) is 3. The molecule has 1 N–H and O–H groups in total. The lowest BCUT2D eigenvalue weighted by molar-refractivity contribution is -0.142. The maximum atomic E-state index is 14.0. The van der Waals surface area contributed by atoms with Crippen molar-refractivity contribution in [1.82, 2.24) is 25.2 Å². The van der Waals surface area contributed by atoms with Gasteiger partial charge in [-0.05, 0) is 62.9 Å². The van der Waals surface area contributed by atoms with E-state index in [1.807, 2.05) is 44.2 Å². The van der Waals surface area contributed by atoms with Gasteiger partial charge in [0.1, 0.15) is 18.1 Å². The number of nitrogens with one attached hydrogen (secondary N) is 1. The summed E-state index contributed by atoms with van der Waals surface area (Å²) in [7, 11) is 1.57. The molecule has 1 unspecified atom stereocenters. The summed E-state index contributed by atoms with van der Waals surface area (Å²) < 4.78 is 18.4. The second-order valence-corrected chi connectivity index (χ2v) is 9.61.